The first kappa shape index (κ1) is 11.5. The highest BCUT2D eigenvalue weighted by atomic mass is 32.1. The lowest BCUT2D eigenvalue weighted by atomic mass is 10.2. The molecule has 2 nitrogen and oxygen atoms in total. The van der Waals surface area contributed by atoms with Crippen molar-refractivity contribution in [1.82, 2.24) is 4.57 Å². The van der Waals surface area contributed by atoms with Gasteiger partial charge in [0.2, 0.25) is 0 Å². The quantitative estimate of drug-likeness (QED) is 0.761. The maximum absolute atomic E-state index is 9.13. The number of aliphatic hydroxyl groups excluding tert-OH is 1. The highest BCUT2D eigenvalue weighted by Gasteiger charge is 2.02. The van der Waals surface area contributed by atoms with E-state index in [-0.39, 0.29) is 6.61 Å². The Labute approximate surface area is 110 Å². The first-order chi connectivity index (χ1) is 8.86. The Morgan fingerprint density at radius 1 is 1.17 bits per heavy atom. The molecule has 0 saturated heterocycles. The van der Waals surface area contributed by atoms with Gasteiger partial charge < -0.3 is 9.67 Å². The van der Waals surface area contributed by atoms with E-state index >= 15 is 0 Å². The molecule has 0 atom stereocenters. The Kier molecular flexibility index (Phi) is 3.17. The number of benzene rings is 1. The molecule has 3 aromatic rings. The van der Waals surface area contributed by atoms with Crippen molar-refractivity contribution in [3.8, 4) is 0 Å². The summed E-state index contributed by atoms with van der Waals surface area (Å²) in [6, 6.07) is 12.5. The summed E-state index contributed by atoms with van der Waals surface area (Å²) in [5.74, 6) is 0. The summed E-state index contributed by atoms with van der Waals surface area (Å²) in [6.45, 7) is 1.11. The van der Waals surface area contributed by atoms with Crippen LogP contribution in [0, 0.1) is 0 Å². The van der Waals surface area contributed by atoms with Gasteiger partial charge in [0.1, 0.15) is 0 Å². The maximum atomic E-state index is 9.13. The molecule has 0 saturated carbocycles. The van der Waals surface area contributed by atoms with Gasteiger partial charge >= 0.3 is 0 Å². The third-order valence-electron chi connectivity index (χ3n) is 3.20. The van der Waals surface area contributed by atoms with Crippen molar-refractivity contribution in [2.75, 3.05) is 0 Å². The second-order valence-electron chi connectivity index (χ2n) is 4.39. The predicted octanol–water partition coefficient (Wildman–Crippen LogP) is 3.44. The fourth-order valence-electron chi connectivity index (χ4n) is 2.23. The molecule has 0 aliphatic heterocycles. The average molecular weight is 257 g/mol. The molecule has 18 heavy (non-hydrogen) atoms. The second kappa shape index (κ2) is 4.96. The van der Waals surface area contributed by atoms with Crippen molar-refractivity contribution < 1.29 is 5.11 Å². The van der Waals surface area contributed by atoms with Crippen LogP contribution in [0.25, 0.3) is 10.9 Å². The van der Waals surface area contributed by atoms with Gasteiger partial charge in [-0.25, -0.2) is 0 Å². The molecule has 0 amide bonds. The number of nitrogens with zero attached hydrogens (tertiary/aromatic N) is 1. The van der Waals surface area contributed by atoms with Crippen LogP contribution in [-0.2, 0) is 19.6 Å². The Morgan fingerprint density at radius 2 is 2.11 bits per heavy atom. The van der Waals surface area contributed by atoms with Crippen LogP contribution in [0.5, 0.6) is 0 Å². The molecular weight excluding hydrogens is 242 g/mol. The van der Waals surface area contributed by atoms with Crippen LogP contribution < -0.4 is 0 Å². The van der Waals surface area contributed by atoms with Gasteiger partial charge in [-0.15, -0.1) is 11.3 Å². The number of aryl methyl sites for hydroxylation is 2. The Morgan fingerprint density at radius 3 is 2.89 bits per heavy atom. The summed E-state index contributed by atoms with van der Waals surface area (Å²) >= 11 is 1.81. The van der Waals surface area contributed by atoms with Gasteiger partial charge in [0.05, 0.1) is 6.61 Å². The summed E-state index contributed by atoms with van der Waals surface area (Å²) in [5.41, 5.74) is 2.21. The first-order valence-electron chi connectivity index (χ1n) is 6.08. The molecule has 0 bridgehead atoms. The molecule has 0 radical (unpaired) electrons. The lowest BCUT2D eigenvalue weighted by Crippen LogP contribution is -1.98. The van der Waals surface area contributed by atoms with Crippen LogP contribution in [-0.4, -0.2) is 9.67 Å². The lowest BCUT2D eigenvalue weighted by Gasteiger charge is -2.05. The monoisotopic (exact) mass is 257 g/mol. The number of aromatic nitrogens is 1. The molecule has 1 aromatic carbocycles. The highest BCUT2D eigenvalue weighted by molar-refractivity contribution is 7.09. The Hall–Kier alpha value is -1.58. The van der Waals surface area contributed by atoms with Gasteiger partial charge in [0, 0.05) is 23.1 Å². The van der Waals surface area contributed by atoms with Gasteiger partial charge in [-0.1, -0.05) is 12.1 Å². The fourth-order valence-corrected chi connectivity index (χ4v) is 2.93. The lowest BCUT2D eigenvalue weighted by molar-refractivity contribution is 0.282. The zero-order valence-corrected chi connectivity index (χ0v) is 10.9. The normalized spacial score (nSPS) is 11.2. The molecular formula is C15H15NOS. The molecule has 3 rings (SSSR count). The molecule has 0 aliphatic rings. The van der Waals surface area contributed by atoms with Gasteiger partial charge in [-0.2, -0.15) is 0 Å². The standard InChI is InChI=1S/C15H15NOS/c17-11-12-3-4-15-13(10-12)5-7-16(15)8-6-14-2-1-9-18-14/h1-5,7,9-10,17H,6,8,11H2. The van der Waals surface area contributed by atoms with E-state index in [1.54, 1.807) is 0 Å². The fraction of sp³-hybridized carbons (Fsp3) is 0.200. The van der Waals surface area contributed by atoms with E-state index in [1.807, 2.05) is 17.4 Å². The smallest absolute Gasteiger partial charge is 0.0682 e. The van der Waals surface area contributed by atoms with Crippen LogP contribution in [0.3, 0.4) is 0 Å². The van der Waals surface area contributed by atoms with Crippen molar-refractivity contribution >= 4 is 22.2 Å². The Balaban J connectivity index is 1.84. The zero-order valence-electron chi connectivity index (χ0n) is 10.0. The van der Waals surface area contributed by atoms with Crippen LogP contribution in [0.1, 0.15) is 10.4 Å². The summed E-state index contributed by atoms with van der Waals surface area (Å²) in [5, 5.41) is 12.5. The summed E-state index contributed by atoms with van der Waals surface area (Å²) in [7, 11) is 0. The summed E-state index contributed by atoms with van der Waals surface area (Å²) in [6.07, 6.45) is 3.20. The van der Waals surface area contributed by atoms with Gasteiger partial charge in [0.15, 0.2) is 0 Å². The van der Waals surface area contributed by atoms with Crippen molar-refractivity contribution in [1.29, 1.82) is 0 Å². The molecule has 0 spiro atoms. The summed E-state index contributed by atoms with van der Waals surface area (Å²) in [4.78, 5) is 1.42. The van der Waals surface area contributed by atoms with Crippen molar-refractivity contribution in [3.05, 3.63) is 58.4 Å². The van der Waals surface area contributed by atoms with Gasteiger partial charge in [-0.05, 0) is 47.0 Å². The van der Waals surface area contributed by atoms with Crippen LogP contribution in [0.2, 0.25) is 0 Å². The van der Waals surface area contributed by atoms with Gasteiger partial charge in [-0.3, -0.25) is 0 Å². The van der Waals surface area contributed by atoms with E-state index in [2.05, 4.69) is 46.5 Å². The molecule has 2 aromatic heterocycles. The van der Waals surface area contributed by atoms with E-state index in [4.69, 9.17) is 5.11 Å². The van der Waals surface area contributed by atoms with Crippen LogP contribution in [0.4, 0.5) is 0 Å². The molecule has 3 heteroatoms. The molecule has 0 fully saturated rings. The van der Waals surface area contributed by atoms with Crippen LogP contribution in [0.15, 0.2) is 48.0 Å². The molecule has 92 valence electrons. The number of hydrogen-bond donors (Lipinski definition) is 1. The predicted molar refractivity (Wildman–Crippen MR) is 75.9 cm³/mol. The summed E-state index contributed by atoms with van der Waals surface area (Å²) < 4.78 is 2.27. The van der Waals surface area contributed by atoms with E-state index in [1.165, 1.54) is 15.8 Å². The van der Waals surface area contributed by atoms with Gasteiger partial charge in [0.25, 0.3) is 0 Å². The van der Waals surface area contributed by atoms with E-state index < -0.39 is 0 Å². The van der Waals surface area contributed by atoms with E-state index in [0.717, 1.165) is 18.5 Å². The molecule has 0 unspecified atom stereocenters. The van der Waals surface area contributed by atoms with Crippen molar-refractivity contribution in [2.45, 2.75) is 19.6 Å². The minimum Gasteiger partial charge on any atom is -0.392 e. The van der Waals surface area contributed by atoms with E-state index in [0.29, 0.717) is 0 Å². The minimum atomic E-state index is 0.107. The van der Waals surface area contributed by atoms with E-state index in [9.17, 15) is 0 Å². The number of aliphatic hydroxyl groups is 1. The molecule has 2 heterocycles. The van der Waals surface area contributed by atoms with Crippen molar-refractivity contribution in [3.63, 3.8) is 0 Å². The number of hydrogen-bond acceptors (Lipinski definition) is 2. The number of fused-ring (bicyclic) bond motifs is 1. The minimum absolute atomic E-state index is 0.107. The third kappa shape index (κ3) is 2.19. The first-order valence-corrected chi connectivity index (χ1v) is 6.96. The zero-order chi connectivity index (χ0) is 12.4. The number of thiophene rings is 1. The average Bonchev–Trinajstić information content (AvgIpc) is 3.05. The number of rotatable bonds is 4. The Bertz CT molecular complexity index is 640. The molecule has 1 N–H and O–H groups in total. The van der Waals surface area contributed by atoms with Crippen LogP contribution >= 0.6 is 11.3 Å². The SMILES string of the molecule is OCc1ccc2c(ccn2CCc2cccs2)c1. The second-order valence-corrected chi connectivity index (χ2v) is 5.42. The molecule has 0 aliphatic carbocycles. The third-order valence-corrected chi connectivity index (χ3v) is 4.13. The topological polar surface area (TPSA) is 25.2 Å². The van der Waals surface area contributed by atoms with Crippen molar-refractivity contribution in [2.24, 2.45) is 0 Å². The maximum Gasteiger partial charge on any atom is 0.0682 e. The largest absolute Gasteiger partial charge is 0.392 e. The highest BCUT2D eigenvalue weighted by Crippen LogP contribution is 2.19.